The van der Waals surface area contributed by atoms with Gasteiger partial charge in [0.2, 0.25) is 0 Å². The van der Waals surface area contributed by atoms with Crippen LogP contribution in [0.5, 0.6) is 0 Å². The SMILES string of the molecule is CNCC1CCN(C(=O)c2cc3c(s2)CCCC3)C1. The molecule has 1 atom stereocenters. The minimum absolute atomic E-state index is 0.262. The molecule has 1 fully saturated rings. The van der Waals surface area contributed by atoms with Gasteiger partial charge in [0.15, 0.2) is 0 Å². The van der Waals surface area contributed by atoms with E-state index in [2.05, 4.69) is 11.4 Å². The van der Waals surface area contributed by atoms with E-state index < -0.39 is 0 Å². The van der Waals surface area contributed by atoms with Crippen LogP contribution < -0.4 is 5.32 Å². The smallest absolute Gasteiger partial charge is 0.263 e. The fourth-order valence-corrected chi connectivity index (χ4v) is 4.45. The van der Waals surface area contributed by atoms with Crippen LogP contribution in [0.1, 0.15) is 39.4 Å². The molecule has 0 saturated carbocycles. The monoisotopic (exact) mass is 278 g/mol. The van der Waals surface area contributed by atoms with Crippen LogP contribution >= 0.6 is 11.3 Å². The summed E-state index contributed by atoms with van der Waals surface area (Å²) in [4.78, 5) is 17.0. The van der Waals surface area contributed by atoms with Crippen molar-refractivity contribution in [2.45, 2.75) is 32.1 Å². The van der Waals surface area contributed by atoms with Crippen molar-refractivity contribution in [2.75, 3.05) is 26.7 Å². The summed E-state index contributed by atoms with van der Waals surface area (Å²) in [7, 11) is 1.98. The van der Waals surface area contributed by atoms with Gasteiger partial charge in [0.1, 0.15) is 0 Å². The molecule has 2 aliphatic rings. The third-order valence-corrected chi connectivity index (χ3v) is 5.50. The van der Waals surface area contributed by atoms with Crippen LogP contribution in [0.25, 0.3) is 0 Å². The van der Waals surface area contributed by atoms with Crippen molar-refractivity contribution in [1.29, 1.82) is 0 Å². The Bertz CT molecular complexity index is 445. The summed E-state index contributed by atoms with van der Waals surface area (Å²) in [6.45, 7) is 2.86. The van der Waals surface area contributed by atoms with Gasteiger partial charge in [-0.1, -0.05) is 0 Å². The number of hydrogen-bond acceptors (Lipinski definition) is 3. The largest absolute Gasteiger partial charge is 0.338 e. The number of fused-ring (bicyclic) bond motifs is 1. The number of likely N-dealkylation sites (tertiary alicyclic amines) is 1. The zero-order chi connectivity index (χ0) is 13.2. The number of amides is 1. The zero-order valence-electron chi connectivity index (χ0n) is 11.6. The van der Waals surface area contributed by atoms with Crippen LogP contribution in [0, 0.1) is 5.92 Å². The van der Waals surface area contributed by atoms with Gasteiger partial charge in [-0.2, -0.15) is 0 Å². The summed E-state index contributed by atoms with van der Waals surface area (Å²) in [5.41, 5.74) is 1.44. The number of rotatable bonds is 3. The van der Waals surface area contributed by atoms with Crippen LogP contribution in [0.15, 0.2) is 6.07 Å². The first-order chi connectivity index (χ1) is 9.28. The number of hydrogen-bond donors (Lipinski definition) is 1. The number of thiophene rings is 1. The van der Waals surface area contributed by atoms with Crippen LogP contribution in [0.4, 0.5) is 0 Å². The number of nitrogens with zero attached hydrogens (tertiary/aromatic N) is 1. The predicted octanol–water partition coefficient (Wildman–Crippen LogP) is 2.31. The first kappa shape index (κ1) is 13.1. The second-order valence-corrected chi connectivity index (χ2v) is 6.87. The standard InChI is InChI=1S/C15H22N2OS/c1-16-9-11-6-7-17(10-11)15(18)14-8-12-4-2-3-5-13(12)19-14/h8,11,16H,2-7,9-10H2,1H3. The molecule has 4 heteroatoms. The highest BCUT2D eigenvalue weighted by Crippen LogP contribution is 2.31. The van der Waals surface area contributed by atoms with E-state index >= 15 is 0 Å². The summed E-state index contributed by atoms with van der Waals surface area (Å²) >= 11 is 1.74. The average molecular weight is 278 g/mol. The molecule has 1 unspecified atom stereocenters. The topological polar surface area (TPSA) is 32.3 Å². The zero-order valence-corrected chi connectivity index (χ0v) is 12.4. The molecule has 1 aliphatic carbocycles. The molecular formula is C15H22N2OS. The Morgan fingerprint density at radius 3 is 3.11 bits per heavy atom. The first-order valence-corrected chi connectivity index (χ1v) is 8.15. The van der Waals surface area contributed by atoms with Crippen LogP contribution in [-0.4, -0.2) is 37.5 Å². The first-order valence-electron chi connectivity index (χ1n) is 7.33. The lowest BCUT2D eigenvalue weighted by Gasteiger charge is -2.15. The Hall–Kier alpha value is -0.870. The summed E-state index contributed by atoms with van der Waals surface area (Å²) < 4.78 is 0. The van der Waals surface area contributed by atoms with Gasteiger partial charge in [0.25, 0.3) is 5.91 Å². The lowest BCUT2D eigenvalue weighted by atomic mass is 9.99. The molecule has 1 saturated heterocycles. The maximum Gasteiger partial charge on any atom is 0.263 e. The molecule has 2 heterocycles. The molecule has 1 aromatic heterocycles. The molecule has 1 amide bonds. The Morgan fingerprint density at radius 1 is 1.47 bits per heavy atom. The highest BCUT2D eigenvalue weighted by atomic mass is 32.1. The lowest BCUT2D eigenvalue weighted by molar-refractivity contribution is 0.0792. The highest BCUT2D eigenvalue weighted by molar-refractivity contribution is 7.14. The molecule has 104 valence electrons. The van der Waals surface area contributed by atoms with Gasteiger partial charge >= 0.3 is 0 Å². The molecule has 19 heavy (non-hydrogen) atoms. The Balaban J connectivity index is 1.69. The maximum absolute atomic E-state index is 12.5. The van der Waals surface area contributed by atoms with Crippen LogP contribution in [0.3, 0.4) is 0 Å². The fraction of sp³-hybridized carbons (Fsp3) is 0.667. The summed E-state index contributed by atoms with van der Waals surface area (Å²) in [5.74, 6) is 0.890. The van der Waals surface area contributed by atoms with Crippen molar-refractivity contribution in [3.8, 4) is 0 Å². The van der Waals surface area contributed by atoms with Crippen molar-refractivity contribution in [2.24, 2.45) is 5.92 Å². The molecule has 3 rings (SSSR count). The van der Waals surface area contributed by atoms with E-state index in [0.717, 1.165) is 30.9 Å². The average Bonchev–Trinajstić information content (AvgIpc) is 3.04. The van der Waals surface area contributed by atoms with Crippen molar-refractivity contribution in [3.05, 3.63) is 21.4 Å². The van der Waals surface area contributed by atoms with Gasteiger partial charge in [0, 0.05) is 18.0 Å². The van der Waals surface area contributed by atoms with Crippen molar-refractivity contribution >= 4 is 17.2 Å². The maximum atomic E-state index is 12.5. The van der Waals surface area contributed by atoms with E-state index in [1.54, 1.807) is 11.3 Å². The van der Waals surface area contributed by atoms with Crippen molar-refractivity contribution in [3.63, 3.8) is 0 Å². The Morgan fingerprint density at radius 2 is 2.32 bits per heavy atom. The molecule has 1 aromatic rings. The van der Waals surface area contributed by atoms with E-state index in [-0.39, 0.29) is 5.91 Å². The third-order valence-electron chi connectivity index (χ3n) is 4.27. The molecule has 0 aromatic carbocycles. The van der Waals surface area contributed by atoms with Gasteiger partial charge in [0.05, 0.1) is 4.88 Å². The quantitative estimate of drug-likeness (QED) is 0.920. The number of carbonyl (C=O) groups is 1. The Kier molecular flexibility index (Phi) is 3.89. The fourth-order valence-electron chi connectivity index (χ4n) is 3.22. The third kappa shape index (κ3) is 2.70. The van der Waals surface area contributed by atoms with Gasteiger partial charge in [-0.05, 0) is 63.2 Å². The molecule has 0 bridgehead atoms. The second kappa shape index (κ2) is 5.63. The lowest BCUT2D eigenvalue weighted by Crippen LogP contribution is -2.29. The van der Waals surface area contributed by atoms with E-state index in [4.69, 9.17) is 0 Å². The summed E-state index contributed by atoms with van der Waals surface area (Å²) in [6, 6.07) is 2.16. The van der Waals surface area contributed by atoms with Gasteiger partial charge in [-0.25, -0.2) is 0 Å². The number of aryl methyl sites for hydroxylation is 2. The number of carbonyl (C=O) groups excluding carboxylic acids is 1. The van der Waals surface area contributed by atoms with Crippen molar-refractivity contribution in [1.82, 2.24) is 10.2 Å². The van der Waals surface area contributed by atoms with Crippen LogP contribution in [0.2, 0.25) is 0 Å². The van der Waals surface area contributed by atoms with Gasteiger partial charge in [-0.3, -0.25) is 4.79 Å². The molecule has 1 N–H and O–H groups in total. The Labute approximate surface area is 119 Å². The second-order valence-electron chi connectivity index (χ2n) is 5.73. The minimum atomic E-state index is 0.262. The van der Waals surface area contributed by atoms with Gasteiger partial charge < -0.3 is 10.2 Å². The van der Waals surface area contributed by atoms with E-state index in [1.807, 2.05) is 11.9 Å². The summed E-state index contributed by atoms with van der Waals surface area (Å²) in [5, 5.41) is 3.21. The van der Waals surface area contributed by atoms with Crippen molar-refractivity contribution < 1.29 is 4.79 Å². The predicted molar refractivity (Wildman–Crippen MR) is 78.9 cm³/mol. The molecule has 3 nitrogen and oxygen atoms in total. The van der Waals surface area contributed by atoms with E-state index in [0.29, 0.717) is 5.92 Å². The van der Waals surface area contributed by atoms with Gasteiger partial charge in [-0.15, -0.1) is 11.3 Å². The van der Waals surface area contributed by atoms with E-state index in [1.165, 1.54) is 36.1 Å². The highest BCUT2D eigenvalue weighted by Gasteiger charge is 2.28. The molecular weight excluding hydrogens is 256 g/mol. The molecule has 0 spiro atoms. The summed E-state index contributed by atoms with van der Waals surface area (Å²) in [6.07, 6.45) is 6.05. The number of nitrogens with one attached hydrogen (secondary N) is 1. The molecule has 0 radical (unpaired) electrons. The minimum Gasteiger partial charge on any atom is -0.338 e. The van der Waals surface area contributed by atoms with Crippen LogP contribution in [-0.2, 0) is 12.8 Å². The normalized spacial score (nSPS) is 22.6. The van der Waals surface area contributed by atoms with E-state index in [9.17, 15) is 4.79 Å². The molecule has 1 aliphatic heterocycles.